The molecule has 2 N–H and O–H groups in total. The van der Waals surface area contributed by atoms with Crippen molar-refractivity contribution in [2.75, 3.05) is 5.75 Å². The van der Waals surface area contributed by atoms with Crippen molar-refractivity contribution in [1.82, 2.24) is 10.9 Å². The van der Waals surface area contributed by atoms with Gasteiger partial charge < -0.3 is 0 Å². The molecule has 0 fully saturated rings. The van der Waals surface area contributed by atoms with E-state index in [9.17, 15) is 18.4 Å². The van der Waals surface area contributed by atoms with Gasteiger partial charge in [0.15, 0.2) is 0 Å². The average Bonchev–Trinajstić information content (AvgIpc) is 2.99. The molecule has 2 amide bonds. The van der Waals surface area contributed by atoms with Crippen molar-refractivity contribution in [3.63, 3.8) is 0 Å². The van der Waals surface area contributed by atoms with Crippen molar-refractivity contribution < 1.29 is 18.4 Å². The largest absolute Gasteiger partial charge is 0.288 e. The Bertz CT molecular complexity index is 710. The first-order valence-electron chi connectivity index (χ1n) is 6.45. The lowest BCUT2D eigenvalue weighted by Crippen LogP contribution is -2.42. The lowest BCUT2D eigenvalue weighted by atomic mass is 10.4. The minimum Gasteiger partial charge on any atom is -0.272 e. The van der Waals surface area contributed by atoms with Crippen LogP contribution in [0.2, 0.25) is 5.02 Å². The van der Waals surface area contributed by atoms with E-state index in [0.717, 1.165) is 16.2 Å². The van der Waals surface area contributed by atoms with E-state index in [4.69, 9.17) is 11.6 Å². The molecule has 0 aliphatic rings. The summed E-state index contributed by atoms with van der Waals surface area (Å²) < 4.78 is 24.8. The maximum Gasteiger partial charge on any atom is 0.288 e. The van der Waals surface area contributed by atoms with Crippen LogP contribution >= 0.6 is 46.5 Å². The lowest BCUT2D eigenvalue weighted by molar-refractivity contribution is -0.119. The fourth-order valence-corrected chi connectivity index (χ4v) is 3.97. The van der Waals surface area contributed by atoms with E-state index < -0.39 is 17.6 Å². The van der Waals surface area contributed by atoms with Crippen molar-refractivity contribution >= 4 is 58.3 Å². The van der Waals surface area contributed by atoms with Crippen LogP contribution in [-0.2, 0) is 4.79 Å². The predicted octanol–water partition coefficient (Wildman–Crippen LogP) is 4.27. The molecule has 4 nitrogen and oxygen atoms in total. The van der Waals surface area contributed by atoms with Crippen molar-refractivity contribution in [3.05, 3.63) is 45.6 Å². The third-order valence-corrected chi connectivity index (χ3v) is 5.63. The molecule has 1 heterocycles. The van der Waals surface area contributed by atoms with Crippen molar-refractivity contribution in [2.24, 2.45) is 0 Å². The molecule has 0 bridgehead atoms. The van der Waals surface area contributed by atoms with Gasteiger partial charge in [-0.05, 0) is 35.7 Å². The van der Waals surface area contributed by atoms with Crippen LogP contribution in [0.4, 0.5) is 8.78 Å². The molecule has 0 aliphatic carbocycles. The molecule has 10 heteroatoms. The second-order valence-electron chi connectivity index (χ2n) is 4.24. The van der Waals surface area contributed by atoms with Gasteiger partial charge in [-0.1, -0.05) is 23.4 Å². The molecule has 0 saturated heterocycles. The summed E-state index contributed by atoms with van der Waals surface area (Å²) in [6, 6.07) is 8.41. The maximum atomic E-state index is 12.4. The lowest BCUT2D eigenvalue weighted by Gasteiger charge is -2.07. The zero-order valence-corrected chi connectivity index (χ0v) is 15.1. The van der Waals surface area contributed by atoms with E-state index in [-0.39, 0.29) is 15.5 Å². The summed E-state index contributed by atoms with van der Waals surface area (Å²) in [5.74, 6) is -3.57. The first-order valence-corrected chi connectivity index (χ1v) is 9.58. The number of hydrogen-bond acceptors (Lipinski definition) is 5. The standard InChI is InChI=1S/C14H11ClF2N2O2S3/c15-8-1-3-9(4-2-8)23-7-11(20)18-19-13(21)12-10(5-6-22-12)24-14(16)17/h1-6,14H,7H2,(H,18,20)(H,19,21). The van der Waals surface area contributed by atoms with E-state index in [2.05, 4.69) is 10.9 Å². The SMILES string of the molecule is O=C(CSc1ccc(Cl)cc1)NNC(=O)c1sccc1SC(F)F. The van der Waals surface area contributed by atoms with E-state index in [1.807, 2.05) is 0 Å². The Morgan fingerprint density at radius 2 is 1.88 bits per heavy atom. The molecule has 0 saturated carbocycles. The molecule has 1 aromatic heterocycles. The second-order valence-corrected chi connectivity index (χ2v) is 7.67. The summed E-state index contributed by atoms with van der Waals surface area (Å²) in [4.78, 5) is 24.8. The summed E-state index contributed by atoms with van der Waals surface area (Å²) in [5.41, 5.74) is 4.48. The number of carbonyl (C=O) groups excluding carboxylic acids is 2. The first kappa shape index (κ1) is 19.0. The molecule has 0 radical (unpaired) electrons. The van der Waals surface area contributed by atoms with E-state index >= 15 is 0 Å². The number of carbonyl (C=O) groups is 2. The quantitative estimate of drug-likeness (QED) is 0.553. The molecule has 128 valence electrons. The number of thiophene rings is 1. The first-order chi connectivity index (χ1) is 11.5. The molecule has 0 spiro atoms. The summed E-state index contributed by atoms with van der Waals surface area (Å²) in [7, 11) is 0. The average molecular weight is 409 g/mol. The number of halogens is 3. The van der Waals surface area contributed by atoms with Crippen molar-refractivity contribution in [1.29, 1.82) is 0 Å². The number of alkyl halides is 2. The fraction of sp³-hybridized carbons (Fsp3) is 0.143. The molecule has 24 heavy (non-hydrogen) atoms. The minimum atomic E-state index is -2.61. The predicted molar refractivity (Wildman–Crippen MR) is 94.0 cm³/mol. The van der Waals surface area contributed by atoms with Gasteiger partial charge in [0.05, 0.1) is 5.75 Å². The number of rotatable bonds is 6. The summed E-state index contributed by atoms with van der Waals surface area (Å²) >= 11 is 8.36. The smallest absolute Gasteiger partial charge is 0.272 e. The molecule has 0 unspecified atom stereocenters. The second kappa shape index (κ2) is 9.26. The Morgan fingerprint density at radius 1 is 1.17 bits per heavy atom. The molecule has 1 aromatic carbocycles. The van der Waals surface area contributed by atoms with Gasteiger partial charge in [-0.15, -0.1) is 23.1 Å². The van der Waals surface area contributed by atoms with Gasteiger partial charge in [-0.3, -0.25) is 20.4 Å². The molecule has 0 atom stereocenters. The van der Waals surface area contributed by atoms with Crippen molar-refractivity contribution in [2.45, 2.75) is 15.5 Å². The van der Waals surface area contributed by atoms with Crippen molar-refractivity contribution in [3.8, 4) is 0 Å². The van der Waals surface area contributed by atoms with Gasteiger partial charge in [0.1, 0.15) is 4.88 Å². The summed E-state index contributed by atoms with van der Waals surface area (Å²) in [6.07, 6.45) is 0. The van der Waals surface area contributed by atoms with Gasteiger partial charge in [0.2, 0.25) is 5.91 Å². The zero-order valence-electron chi connectivity index (χ0n) is 11.9. The number of nitrogens with one attached hydrogen (secondary N) is 2. The van der Waals surface area contributed by atoms with Gasteiger partial charge in [0.25, 0.3) is 11.7 Å². The van der Waals surface area contributed by atoms with E-state index in [1.165, 1.54) is 23.2 Å². The van der Waals surface area contributed by atoms with Crippen LogP contribution in [0.15, 0.2) is 45.5 Å². The van der Waals surface area contributed by atoms with E-state index in [1.54, 1.807) is 24.3 Å². The molecular weight excluding hydrogens is 398 g/mol. The van der Waals surface area contributed by atoms with Crippen LogP contribution in [0, 0.1) is 0 Å². The fourth-order valence-electron chi connectivity index (χ4n) is 1.55. The number of hydrogen-bond donors (Lipinski definition) is 2. The minimum absolute atomic E-state index is 0.0883. The van der Waals surface area contributed by atoms with Crippen LogP contribution in [0.3, 0.4) is 0 Å². The molecule has 2 rings (SSSR count). The van der Waals surface area contributed by atoms with E-state index in [0.29, 0.717) is 16.8 Å². The van der Waals surface area contributed by atoms with Crippen LogP contribution < -0.4 is 10.9 Å². The number of amides is 2. The van der Waals surface area contributed by atoms with Gasteiger partial charge in [-0.25, -0.2) is 0 Å². The van der Waals surface area contributed by atoms with Crippen LogP contribution in [0.5, 0.6) is 0 Å². The number of benzene rings is 1. The number of thioether (sulfide) groups is 2. The summed E-state index contributed by atoms with van der Waals surface area (Å²) in [6.45, 7) is 0. The molecular formula is C14H11ClF2N2O2S3. The van der Waals surface area contributed by atoms with Crippen LogP contribution in [0.1, 0.15) is 9.67 Å². The topological polar surface area (TPSA) is 58.2 Å². The molecule has 0 aliphatic heterocycles. The van der Waals surface area contributed by atoms with Crippen LogP contribution in [-0.4, -0.2) is 23.3 Å². The third-order valence-electron chi connectivity index (χ3n) is 2.55. The monoisotopic (exact) mass is 408 g/mol. The highest BCUT2D eigenvalue weighted by Gasteiger charge is 2.17. The number of hydrazine groups is 1. The zero-order chi connectivity index (χ0) is 17.5. The normalized spacial score (nSPS) is 10.7. The van der Waals surface area contributed by atoms with Gasteiger partial charge in [0, 0.05) is 14.8 Å². The maximum absolute atomic E-state index is 12.4. The van der Waals surface area contributed by atoms with Crippen LogP contribution in [0.25, 0.3) is 0 Å². The van der Waals surface area contributed by atoms with Gasteiger partial charge in [-0.2, -0.15) is 8.78 Å². The highest BCUT2D eigenvalue weighted by Crippen LogP contribution is 2.31. The summed E-state index contributed by atoms with van der Waals surface area (Å²) in [5, 5.41) is 2.14. The molecule has 2 aromatic rings. The highest BCUT2D eigenvalue weighted by molar-refractivity contribution is 8.00. The van der Waals surface area contributed by atoms with Gasteiger partial charge >= 0.3 is 0 Å². The Labute approximate surface area is 154 Å². The Balaban J connectivity index is 1.80. The Morgan fingerprint density at radius 3 is 2.54 bits per heavy atom. The third kappa shape index (κ3) is 5.97. The Kier molecular flexibility index (Phi) is 7.35. The highest BCUT2D eigenvalue weighted by atomic mass is 35.5. The Hall–Kier alpha value is -1.29.